The van der Waals surface area contributed by atoms with Gasteiger partial charge in [0.1, 0.15) is 5.76 Å². The lowest BCUT2D eigenvalue weighted by Crippen LogP contribution is -2.37. The molecule has 0 atom stereocenters. The number of carbonyl (C=O) groups excluding carboxylic acids is 1. The maximum atomic E-state index is 12.8. The van der Waals surface area contributed by atoms with Crippen molar-refractivity contribution >= 4 is 15.9 Å². The largest absolute Gasteiger partial charge is 0.467 e. The lowest BCUT2D eigenvalue weighted by atomic mass is 10.0. The molecule has 10 heteroatoms. The normalized spacial score (nSPS) is 15.9. The highest BCUT2D eigenvalue weighted by Gasteiger charge is 2.28. The highest BCUT2D eigenvalue weighted by atomic mass is 32.2. The molecule has 0 saturated carbocycles. The lowest BCUT2D eigenvalue weighted by Gasteiger charge is -2.29. The summed E-state index contributed by atoms with van der Waals surface area (Å²) >= 11 is 0. The summed E-state index contributed by atoms with van der Waals surface area (Å²) < 4.78 is 37.3. The number of nitrogens with zero attached hydrogens (tertiary/aromatic N) is 3. The Labute approximate surface area is 174 Å². The second-order valence-corrected chi connectivity index (χ2v) is 9.23. The molecule has 2 aromatic heterocycles. The first-order chi connectivity index (χ1) is 14.4. The molecule has 0 radical (unpaired) electrons. The number of rotatable bonds is 6. The molecule has 158 valence electrons. The van der Waals surface area contributed by atoms with E-state index in [-0.39, 0.29) is 23.2 Å². The molecule has 0 aliphatic carbocycles. The van der Waals surface area contributed by atoms with Gasteiger partial charge in [0.2, 0.25) is 15.8 Å². The minimum Gasteiger partial charge on any atom is -0.467 e. The van der Waals surface area contributed by atoms with E-state index in [1.807, 2.05) is 0 Å². The molecular weight excluding hydrogens is 408 g/mol. The summed E-state index contributed by atoms with van der Waals surface area (Å²) in [7, 11) is -3.53. The van der Waals surface area contributed by atoms with E-state index in [1.54, 1.807) is 24.3 Å². The summed E-state index contributed by atoms with van der Waals surface area (Å²) in [6.45, 7) is 3.40. The maximum absolute atomic E-state index is 12.8. The summed E-state index contributed by atoms with van der Waals surface area (Å²) in [5.74, 6) is 0.638. The molecule has 0 bridgehead atoms. The van der Waals surface area contributed by atoms with Crippen molar-refractivity contribution in [2.75, 3.05) is 13.1 Å². The fraction of sp³-hybridized carbons (Fsp3) is 0.350. The van der Waals surface area contributed by atoms with E-state index in [1.165, 1.54) is 22.7 Å². The first-order valence-corrected chi connectivity index (χ1v) is 11.1. The van der Waals surface area contributed by atoms with Crippen LogP contribution in [0.25, 0.3) is 11.4 Å². The Kier molecular flexibility index (Phi) is 5.69. The molecule has 1 amide bonds. The van der Waals surface area contributed by atoms with Crippen molar-refractivity contribution in [1.29, 1.82) is 0 Å². The number of furan rings is 1. The van der Waals surface area contributed by atoms with Crippen molar-refractivity contribution in [3.63, 3.8) is 0 Å². The van der Waals surface area contributed by atoms with Gasteiger partial charge >= 0.3 is 11.8 Å². The number of benzene rings is 1. The van der Waals surface area contributed by atoms with Crippen LogP contribution in [0, 0.1) is 5.92 Å². The van der Waals surface area contributed by atoms with Crippen LogP contribution in [0.3, 0.4) is 0 Å². The van der Waals surface area contributed by atoms with Crippen LogP contribution < -0.4 is 5.32 Å². The van der Waals surface area contributed by atoms with Gasteiger partial charge in [0, 0.05) is 18.7 Å². The number of hydrogen-bond donors (Lipinski definition) is 1. The van der Waals surface area contributed by atoms with Gasteiger partial charge in [-0.05, 0) is 55.2 Å². The van der Waals surface area contributed by atoms with Gasteiger partial charge in [-0.1, -0.05) is 12.1 Å². The Bertz CT molecular complexity index is 1100. The summed E-state index contributed by atoms with van der Waals surface area (Å²) in [6, 6.07) is 9.72. The molecule has 4 rings (SSSR count). The van der Waals surface area contributed by atoms with Gasteiger partial charge in [-0.3, -0.25) is 4.79 Å². The number of hydrogen-bond acceptors (Lipinski definition) is 7. The maximum Gasteiger partial charge on any atom is 0.316 e. The van der Waals surface area contributed by atoms with Crippen LogP contribution in [0.15, 0.2) is 56.5 Å². The summed E-state index contributed by atoms with van der Waals surface area (Å²) in [5, 5.41) is 6.43. The van der Waals surface area contributed by atoms with E-state index in [4.69, 9.17) is 8.94 Å². The van der Waals surface area contributed by atoms with Crippen LogP contribution in [0.4, 0.5) is 0 Å². The minimum atomic E-state index is -3.53. The number of nitrogens with one attached hydrogen (secondary N) is 1. The zero-order valence-electron chi connectivity index (χ0n) is 16.4. The van der Waals surface area contributed by atoms with E-state index < -0.39 is 15.9 Å². The fourth-order valence-corrected chi connectivity index (χ4v) is 4.71. The predicted molar refractivity (Wildman–Crippen MR) is 107 cm³/mol. The fourth-order valence-electron chi connectivity index (χ4n) is 3.24. The SMILES string of the molecule is CC1CCN(S(=O)(=O)c2ccc(-c3noc(C(=O)NCc4ccco4)n3)cc2)CC1. The zero-order valence-corrected chi connectivity index (χ0v) is 17.3. The van der Waals surface area contributed by atoms with Crippen LogP contribution in [-0.4, -0.2) is 41.9 Å². The predicted octanol–water partition coefficient (Wildman–Crippen LogP) is 2.68. The molecule has 30 heavy (non-hydrogen) atoms. The van der Waals surface area contributed by atoms with Crippen LogP contribution in [-0.2, 0) is 16.6 Å². The van der Waals surface area contributed by atoms with E-state index in [0.29, 0.717) is 30.3 Å². The van der Waals surface area contributed by atoms with Gasteiger partial charge < -0.3 is 14.3 Å². The molecule has 9 nitrogen and oxygen atoms in total. The average molecular weight is 430 g/mol. The van der Waals surface area contributed by atoms with Crippen LogP contribution in [0.1, 0.15) is 36.2 Å². The Hall–Kier alpha value is -2.98. The highest BCUT2D eigenvalue weighted by molar-refractivity contribution is 7.89. The molecule has 1 N–H and O–H groups in total. The minimum absolute atomic E-state index is 0.185. The number of piperidine rings is 1. The molecule has 0 unspecified atom stereocenters. The van der Waals surface area contributed by atoms with Gasteiger partial charge in [-0.15, -0.1) is 0 Å². The number of sulfonamides is 1. The van der Waals surface area contributed by atoms with E-state index in [2.05, 4.69) is 22.4 Å². The Morgan fingerprint density at radius 1 is 1.20 bits per heavy atom. The first kappa shape index (κ1) is 20.3. The van der Waals surface area contributed by atoms with Gasteiger partial charge in [-0.2, -0.15) is 9.29 Å². The van der Waals surface area contributed by atoms with Crippen molar-refractivity contribution < 1.29 is 22.2 Å². The van der Waals surface area contributed by atoms with Crippen molar-refractivity contribution in [2.45, 2.75) is 31.2 Å². The second kappa shape index (κ2) is 8.41. The van der Waals surface area contributed by atoms with E-state index in [0.717, 1.165) is 12.8 Å². The van der Waals surface area contributed by atoms with Crippen molar-refractivity contribution in [3.05, 3.63) is 54.3 Å². The molecule has 0 spiro atoms. The second-order valence-electron chi connectivity index (χ2n) is 7.30. The number of carbonyl (C=O) groups is 1. The third-order valence-electron chi connectivity index (χ3n) is 5.12. The topological polar surface area (TPSA) is 119 Å². The number of aromatic nitrogens is 2. The molecule has 1 aliphatic heterocycles. The highest BCUT2D eigenvalue weighted by Crippen LogP contribution is 2.25. The zero-order chi connectivity index (χ0) is 21.1. The summed E-state index contributed by atoms with van der Waals surface area (Å²) in [5.41, 5.74) is 0.551. The van der Waals surface area contributed by atoms with Gasteiger partial charge in [-0.25, -0.2) is 8.42 Å². The van der Waals surface area contributed by atoms with Gasteiger partial charge in [0.05, 0.1) is 17.7 Å². The Balaban J connectivity index is 1.43. The first-order valence-electron chi connectivity index (χ1n) is 9.68. The Morgan fingerprint density at radius 3 is 2.60 bits per heavy atom. The third-order valence-corrected chi connectivity index (χ3v) is 7.03. The molecule has 1 aliphatic rings. The lowest BCUT2D eigenvalue weighted by molar-refractivity contribution is 0.0904. The molecule has 3 aromatic rings. The summed E-state index contributed by atoms with van der Waals surface area (Å²) in [6.07, 6.45) is 3.25. The van der Waals surface area contributed by atoms with Crippen LogP contribution in [0.5, 0.6) is 0 Å². The smallest absolute Gasteiger partial charge is 0.316 e. The van der Waals surface area contributed by atoms with E-state index >= 15 is 0 Å². The average Bonchev–Trinajstić information content (AvgIpc) is 3.45. The van der Waals surface area contributed by atoms with Crippen LogP contribution >= 0.6 is 0 Å². The van der Waals surface area contributed by atoms with Crippen molar-refractivity contribution in [1.82, 2.24) is 19.8 Å². The Morgan fingerprint density at radius 2 is 1.93 bits per heavy atom. The summed E-state index contributed by atoms with van der Waals surface area (Å²) in [4.78, 5) is 16.4. The van der Waals surface area contributed by atoms with E-state index in [9.17, 15) is 13.2 Å². The standard InChI is InChI=1S/C20H22N4O5S/c1-14-8-10-24(11-9-14)30(26,27)17-6-4-15(5-7-17)18-22-20(29-23-18)19(25)21-13-16-3-2-12-28-16/h2-7,12,14H,8-11,13H2,1H3,(H,21,25). The quantitative estimate of drug-likeness (QED) is 0.638. The molecule has 1 fully saturated rings. The molecular formula is C20H22N4O5S. The third kappa shape index (κ3) is 4.29. The molecule has 1 aromatic carbocycles. The van der Waals surface area contributed by atoms with Gasteiger partial charge in [0.25, 0.3) is 0 Å². The van der Waals surface area contributed by atoms with Crippen LogP contribution in [0.2, 0.25) is 0 Å². The number of amides is 1. The van der Waals surface area contributed by atoms with Gasteiger partial charge in [0.15, 0.2) is 0 Å². The molecule has 3 heterocycles. The monoisotopic (exact) mass is 430 g/mol. The molecule has 1 saturated heterocycles. The van der Waals surface area contributed by atoms with Crippen molar-refractivity contribution in [2.24, 2.45) is 5.92 Å². The van der Waals surface area contributed by atoms with Crippen molar-refractivity contribution in [3.8, 4) is 11.4 Å².